The second-order valence-corrected chi connectivity index (χ2v) is 5.75. The highest BCUT2D eigenvalue weighted by atomic mass is 16.2. The van der Waals surface area contributed by atoms with Crippen molar-refractivity contribution < 1.29 is 9.59 Å². The second kappa shape index (κ2) is 5.49. The molecule has 5 heteroatoms. The highest BCUT2D eigenvalue weighted by molar-refractivity contribution is 5.88. The van der Waals surface area contributed by atoms with E-state index in [0.717, 1.165) is 19.4 Å². The molecule has 0 aliphatic carbocycles. The van der Waals surface area contributed by atoms with Crippen LogP contribution in [0.15, 0.2) is 0 Å². The number of hydrogen-bond donors (Lipinski definition) is 3. The Hall–Kier alpha value is -1.10. The van der Waals surface area contributed by atoms with Gasteiger partial charge in [-0.05, 0) is 24.8 Å². The Balaban J connectivity index is 2.60. The lowest BCUT2D eigenvalue weighted by Gasteiger charge is -2.31. The molecule has 0 aromatic heterocycles. The minimum Gasteiger partial charge on any atom is -0.368 e. The van der Waals surface area contributed by atoms with Gasteiger partial charge in [0.2, 0.25) is 11.8 Å². The van der Waals surface area contributed by atoms with Crippen LogP contribution in [0, 0.1) is 11.3 Å². The molecule has 0 bridgehead atoms. The van der Waals surface area contributed by atoms with Crippen molar-refractivity contribution in [2.45, 2.75) is 39.7 Å². The summed E-state index contributed by atoms with van der Waals surface area (Å²) in [5.41, 5.74) is 4.97. The second-order valence-electron chi connectivity index (χ2n) is 5.75. The van der Waals surface area contributed by atoms with Gasteiger partial charge in [-0.25, -0.2) is 0 Å². The molecule has 2 unspecified atom stereocenters. The van der Waals surface area contributed by atoms with E-state index in [9.17, 15) is 9.59 Å². The molecule has 4 N–H and O–H groups in total. The van der Waals surface area contributed by atoms with Crippen LogP contribution in [0.25, 0.3) is 0 Å². The molecule has 0 spiro atoms. The summed E-state index contributed by atoms with van der Waals surface area (Å²) in [5, 5.41) is 5.95. The predicted molar refractivity (Wildman–Crippen MR) is 66.2 cm³/mol. The van der Waals surface area contributed by atoms with Crippen molar-refractivity contribution in [2.75, 3.05) is 13.1 Å². The smallest absolute Gasteiger partial charge is 0.240 e. The fraction of sp³-hybridized carbons (Fsp3) is 0.833. The summed E-state index contributed by atoms with van der Waals surface area (Å²) >= 11 is 0. The summed E-state index contributed by atoms with van der Waals surface area (Å²) in [6.07, 6.45) is 1.86. The van der Waals surface area contributed by atoms with Gasteiger partial charge in [-0.3, -0.25) is 9.59 Å². The molecule has 1 fully saturated rings. The molecule has 0 saturated carbocycles. The summed E-state index contributed by atoms with van der Waals surface area (Å²) in [7, 11) is 0. The zero-order chi connectivity index (χ0) is 13.1. The first kappa shape index (κ1) is 14.0. The standard InChI is InChI=1S/C12H23N3O2/c1-12(2,3)9(10(13)16)15-11(17)8-5-4-6-14-7-8/h8-9,14H,4-7H2,1-3H3,(H2,13,16)(H,15,17). The zero-order valence-electron chi connectivity index (χ0n) is 10.9. The van der Waals surface area contributed by atoms with E-state index in [0.29, 0.717) is 6.54 Å². The fourth-order valence-corrected chi connectivity index (χ4v) is 2.05. The number of nitrogens with two attached hydrogens (primary N) is 1. The average Bonchev–Trinajstić information content (AvgIpc) is 2.24. The maximum absolute atomic E-state index is 12.0. The van der Waals surface area contributed by atoms with E-state index >= 15 is 0 Å². The Bertz CT molecular complexity index is 291. The number of rotatable bonds is 3. The molecule has 1 heterocycles. The molecule has 1 aliphatic rings. The molecule has 1 rings (SSSR count). The number of piperidine rings is 1. The number of primary amides is 1. The molecule has 1 saturated heterocycles. The van der Waals surface area contributed by atoms with Crippen LogP contribution in [-0.2, 0) is 9.59 Å². The van der Waals surface area contributed by atoms with Gasteiger partial charge in [0.1, 0.15) is 6.04 Å². The number of hydrogen-bond acceptors (Lipinski definition) is 3. The van der Waals surface area contributed by atoms with E-state index in [1.165, 1.54) is 0 Å². The van der Waals surface area contributed by atoms with Crippen molar-refractivity contribution in [2.24, 2.45) is 17.1 Å². The molecule has 0 aromatic rings. The van der Waals surface area contributed by atoms with Crippen LogP contribution in [-0.4, -0.2) is 30.9 Å². The molecule has 2 amide bonds. The third-order valence-electron chi connectivity index (χ3n) is 3.10. The Morgan fingerprint density at radius 3 is 2.47 bits per heavy atom. The highest BCUT2D eigenvalue weighted by Gasteiger charge is 2.33. The third kappa shape index (κ3) is 4.00. The van der Waals surface area contributed by atoms with Gasteiger partial charge in [-0.2, -0.15) is 0 Å². The van der Waals surface area contributed by atoms with E-state index in [4.69, 9.17) is 5.73 Å². The monoisotopic (exact) mass is 241 g/mol. The fourth-order valence-electron chi connectivity index (χ4n) is 2.05. The summed E-state index contributed by atoms with van der Waals surface area (Å²) in [4.78, 5) is 23.4. The predicted octanol–water partition coefficient (Wildman–Crippen LogP) is 0.00220. The van der Waals surface area contributed by atoms with Crippen LogP contribution in [0.5, 0.6) is 0 Å². The van der Waals surface area contributed by atoms with E-state index in [1.54, 1.807) is 0 Å². The third-order valence-corrected chi connectivity index (χ3v) is 3.10. The molecular formula is C12H23N3O2. The van der Waals surface area contributed by atoms with Crippen molar-refractivity contribution in [3.05, 3.63) is 0 Å². The van der Waals surface area contributed by atoms with Crippen molar-refractivity contribution in [1.29, 1.82) is 0 Å². The SMILES string of the molecule is CC(C)(C)C(NC(=O)C1CCCNC1)C(N)=O. The number of carbonyl (C=O) groups is 2. The van der Waals surface area contributed by atoms with Gasteiger partial charge < -0.3 is 16.4 Å². The minimum absolute atomic E-state index is 0.0482. The maximum atomic E-state index is 12.0. The molecule has 5 nitrogen and oxygen atoms in total. The van der Waals surface area contributed by atoms with Gasteiger partial charge in [-0.1, -0.05) is 20.8 Å². The Labute approximate surface area is 103 Å². The Kier molecular flexibility index (Phi) is 4.51. The van der Waals surface area contributed by atoms with Crippen LogP contribution in [0.3, 0.4) is 0 Å². The van der Waals surface area contributed by atoms with Crippen molar-refractivity contribution in [3.63, 3.8) is 0 Å². The summed E-state index contributed by atoms with van der Waals surface area (Å²) < 4.78 is 0. The molecule has 1 aliphatic heterocycles. The molecular weight excluding hydrogens is 218 g/mol. The van der Waals surface area contributed by atoms with E-state index in [1.807, 2.05) is 20.8 Å². The van der Waals surface area contributed by atoms with Gasteiger partial charge in [0.05, 0.1) is 5.92 Å². The minimum atomic E-state index is -0.614. The van der Waals surface area contributed by atoms with Crippen LogP contribution < -0.4 is 16.4 Å². The van der Waals surface area contributed by atoms with Gasteiger partial charge in [-0.15, -0.1) is 0 Å². The lowest BCUT2D eigenvalue weighted by Crippen LogP contribution is -2.54. The van der Waals surface area contributed by atoms with Crippen LogP contribution in [0.4, 0.5) is 0 Å². The summed E-state index contributed by atoms with van der Waals surface area (Å²) in [6, 6.07) is -0.614. The number of carbonyl (C=O) groups excluding carboxylic acids is 2. The largest absolute Gasteiger partial charge is 0.368 e. The molecule has 0 radical (unpaired) electrons. The van der Waals surface area contributed by atoms with Crippen molar-refractivity contribution >= 4 is 11.8 Å². The quantitative estimate of drug-likeness (QED) is 0.650. The zero-order valence-corrected chi connectivity index (χ0v) is 10.9. The van der Waals surface area contributed by atoms with Crippen LogP contribution in [0.2, 0.25) is 0 Å². The van der Waals surface area contributed by atoms with E-state index < -0.39 is 11.9 Å². The first-order chi connectivity index (χ1) is 7.82. The Morgan fingerprint density at radius 1 is 1.41 bits per heavy atom. The van der Waals surface area contributed by atoms with Gasteiger partial charge in [0.15, 0.2) is 0 Å². The molecule has 0 aromatic carbocycles. The lowest BCUT2D eigenvalue weighted by molar-refractivity contribution is -0.132. The van der Waals surface area contributed by atoms with Gasteiger partial charge in [0, 0.05) is 6.54 Å². The first-order valence-corrected chi connectivity index (χ1v) is 6.13. The summed E-state index contributed by atoms with van der Waals surface area (Å²) in [6.45, 7) is 7.31. The number of nitrogens with one attached hydrogen (secondary N) is 2. The highest BCUT2D eigenvalue weighted by Crippen LogP contribution is 2.20. The van der Waals surface area contributed by atoms with Crippen LogP contribution >= 0.6 is 0 Å². The van der Waals surface area contributed by atoms with E-state index in [2.05, 4.69) is 10.6 Å². The van der Waals surface area contributed by atoms with Crippen molar-refractivity contribution in [3.8, 4) is 0 Å². The topological polar surface area (TPSA) is 84.2 Å². The van der Waals surface area contributed by atoms with Crippen molar-refractivity contribution in [1.82, 2.24) is 10.6 Å². The van der Waals surface area contributed by atoms with Gasteiger partial charge in [0.25, 0.3) is 0 Å². The van der Waals surface area contributed by atoms with Gasteiger partial charge >= 0.3 is 0 Å². The van der Waals surface area contributed by atoms with Crippen LogP contribution in [0.1, 0.15) is 33.6 Å². The summed E-state index contributed by atoms with van der Waals surface area (Å²) in [5.74, 6) is -0.599. The molecule has 17 heavy (non-hydrogen) atoms. The number of amides is 2. The molecule has 98 valence electrons. The maximum Gasteiger partial charge on any atom is 0.240 e. The molecule has 2 atom stereocenters. The lowest BCUT2D eigenvalue weighted by atomic mass is 9.85. The normalized spacial score (nSPS) is 22.9. The Morgan fingerprint density at radius 2 is 2.06 bits per heavy atom. The van der Waals surface area contributed by atoms with E-state index in [-0.39, 0.29) is 17.2 Å². The first-order valence-electron chi connectivity index (χ1n) is 6.13. The average molecular weight is 241 g/mol.